The number of aliphatic hydroxyl groups excluding tert-OH is 1. The van der Waals surface area contributed by atoms with Gasteiger partial charge in [0, 0.05) is 44.2 Å². The summed E-state index contributed by atoms with van der Waals surface area (Å²) in [6, 6.07) is 0. The van der Waals surface area contributed by atoms with Gasteiger partial charge in [-0.1, -0.05) is 34.4 Å². The zero-order chi connectivity index (χ0) is 15.6. The molecule has 2 heterocycles. The van der Waals surface area contributed by atoms with Crippen LogP contribution in [0.4, 0.5) is 0 Å². The van der Waals surface area contributed by atoms with Gasteiger partial charge in [-0.05, 0) is 31.0 Å². The zero-order valence-corrected chi connectivity index (χ0v) is 16.9. The van der Waals surface area contributed by atoms with E-state index < -0.39 is 0 Å². The number of thiocarbonyl (C=S) groups is 1. The van der Waals surface area contributed by atoms with Gasteiger partial charge in [0.1, 0.15) is 0 Å². The first-order valence-corrected chi connectivity index (χ1v) is 11.2. The maximum Gasteiger partial charge on any atom is 0.256 e. The maximum absolute atomic E-state index is 9.68. The number of hydrogen-bond acceptors (Lipinski definition) is 5. The second kappa shape index (κ2) is 12.9. The summed E-state index contributed by atoms with van der Waals surface area (Å²) in [5, 5.41) is 9.73. The van der Waals surface area contributed by atoms with E-state index in [4.69, 9.17) is 17.0 Å². The Morgan fingerprint density at radius 1 is 1.13 bits per heavy atom. The molecule has 0 aliphatic carbocycles. The Morgan fingerprint density at radius 2 is 1.83 bits per heavy atom. The molecule has 136 valence electrons. The van der Waals surface area contributed by atoms with Crippen LogP contribution in [0.5, 0.6) is 0 Å². The van der Waals surface area contributed by atoms with Crippen LogP contribution in [0.2, 0.25) is 0 Å². The minimum atomic E-state index is 0. The highest BCUT2D eigenvalue weighted by Crippen LogP contribution is 2.36. The number of unbranched alkanes of at least 4 members (excludes halogenated alkanes) is 2. The molecule has 0 unspecified atom stereocenters. The molecule has 4 nitrogen and oxygen atoms in total. The first kappa shape index (κ1) is 21.6. The van der Waals surface area contributed by atoms with Gasteiger partial charge in [-0.2, -0.15) is 0 Å². The molecule has 2 aliphatic heterocycles. The van der Waals surface area contributed by atoms with E-state index in [-0.39, 0.29) is 17.6 Å². The van der Waals surface area contributed by atoms with Crippen LogP contribution in [0.25, 0.3) is 0 Å². The van der Waals surface area contributed by atoms with Crippen molar-refractivity contribution in [2.45, 2.75) is 25.7 Å². The largest absolute Gasteiger partial charge is 0.486 e. The predicted molar refractivity (Wildman–Crippen MR) is 108 cm³/mol. The Hall–Kier alpha value is 0.600. The lowest BCUT2D eigenvalue weighted by molar-refractivity contribution is 0.0355. The standard InChI is InChI=1S/C15H28N2O2S3.ClH/c18-15(20)17(7-6-16-8-10-19-11-9-16)5-3-1-2-4-14-12-21-22-13-14;/h14H,1-13H2,(H,18,20);1H. The predicted octanol–water partition coefficient (Wildman–Crippen LogP) is 3.46. The summed E-state index contributed by atoms with van der Waals surface area (Å²) in [4.78, 5) is 4.33. The lowest BCUT2D eigenvalue weighted by Gasteiger charge is -2.29. The molecule has 8 heteroatoms. The smallest absolute Gasteiger partial charge is 0.256 e. The van der Waals surface area contributed by atoms with Crippen molar-refractivity contribution in [1.29, 1.82) is 0 Å². The Bertz CT molecular complexity index is 328. The van der Waals surface area contributed by atoms with Crippen molar-refractivity contribution in [1.82, 2.24) is 9.80 Å². The molecule has 1 N–H and O–H groups in total. The first-order chi connectivity index (χ1) is 10.8. The molecule has 2 aliphatic rings. The van der Waals surface area contributed by atoms with Crippen molar-refractivity contribution < 1.29 is 9.84 Å². The Kier molecular flexibility index (Phi) is 12.1. The number of morpholine rings is 1. The van der Waals surface area contributed by atoms with Gasteiger partial charge in [0.2, 0.25) is 0 Å². The molecule has 2 rings (SSSR count). The second-order valence-corrected chi connectivity index (χ2v) is 8.93. The Labute approximate surface area is 159 Å². The van der Waals surface area contributed by atoms with E-state index in [1.54, 1.807) is 0 Å². The Morgan fingerprint density at radius 3 is 2.48 bits per heavy atom. The summed E-state index contributed by atoms with van der Waals surface area (Å²) in [5.41, 5.74) is 0. The van der Waals surface area contributed by atoms with Crippen molar-refractivity contribution in [3.05, 3.63) is 0 Å². The normalized spacial score (nSPS) is 19.5. The molecule has 2 fully saturated rings. The summed E-state index contributed by atoms with van der Waals surface area (Å²) < 4.78 is 5.35. The van der Waals surface area contributed by atoms with E-state index in [9.17, 15) is 5.11 Å². The van der Waals surface area contributed by atoms with Crippen LogP contribution >= 0.6 is 46.2 Å². The molecule has 0 bridgehead atoms. The van der Waals surface area contributed by atoms with E-state index in [0.717, 1.165) is 58.3 Å². The lowest BCUT2D eigenvalue weighted by atomic mass is 10.0. The molecule has 0 aromatic rings. The third kappa shape index (κ3) is 9.02. The molecule has 0 aromatic heterocycles. The zero-order valence-electron chi connectivity index (χ0n) is 13.7. The van der Waals surface area contributed by atoms with E-state index in [1.165, 1.54) is 30.8 Å². The van der Waals surface area contributed by atoms with Gasteiger partial charge < -0.3 is 14.7 Å². The fourth-order valence-corrected chi connectivity index (χ4v) is 6.02. The summed E-state index contributed by atoms with van der Waals surface area (Å²) in [6.45, 7) is 6.29. The highest BCUT2D eigenvalue weighted by atomic mass is 35.5. The van der Waals surface area contributed by atoms with Crippen LogP contribution in [0.15, 0.2) is 0 Å². The quantitative estimate of drug-likeness (QED) is 0.360. The van der Waals surface area contributed by atoms with Gasteiger partial charge in [0.05, 0.1) is 13.2 Å². The number of nitrogens with zero attached hydrogens (tertiary/aromatic N) is 2. The van der Waals surface area contributed by atoms with Gasteiger partial charge in [-0.25, -0.2) is 0 Å². The molecule has 2 saturated heterocycles. The second-order valence-electron chi connectivity index (χ2n) is 6.01. The molecule has 23 heavy (non-hydrogen) atoms. The van der Waals surface area contributed by atoms with Crippen LogP contribution < -0.4 is 0 Å². The number of halogens is 1. The average Bonchev–Trinajstić information content (AvgIpc) is 3.04. The monoisotopic (exact) mass is 400 g/mol. The van der Waals surface area contributed by atoms with Crippen molar-refractivity contribution in [3.63, 3.8) is 0 Å². The highest BCUT2D eigenvalue weighted by Gasteiger charge is 2.16. The third-order valence-corrected chi connectivity index (χ3v) is 7.25. The molecule has 0 atom stereocenters. The highest BCUT2D eigenvalue weighted by molar-refractivity contribution is 8.77. The number of hydrogen-bond donors (Lipinski definition) is 1. The molecule has 0 radical (unpaired) electrons. The molecular formula is C15H29ClN2O2S3. The minimum absolute atomic E-state index is 0. The van der Waals surface area contributed by atoms with Gasteiger partial charge in [0.25, 0.3) is 5.17 Å². The minimum Gasteiger partial charge on any atom is -0.486 e. The maximum atomic E-state index is 9.68. The SMILES string of the molecule is Cl.OC(=S)N(CCCCCC1CSSC1)CCN1CCOCC1. The average molecular weight is 401 g/mol. The lowest BCUT2D eigenvalue weighted by Crippen LogP contribution is -2.43. The van der Waals surface area contributed by atoms with Crippen molar-refractivity contribution in [2.75, 3.05) is 57.4 Å². The topological polar surface area (TPSA) is 35.9 Å². The summed E-state index contributed by atoms with van der Waals surface area (Å²) >= 11 is 4.98. The van der Waals surface area contributed by atoms with Gasteiger partial charge in [-0.3, -0.25) is 4.90 Å². The fourth-order valence-electron chi connectivity index (χ4n) is 2.81. The van der Waals surface area contributed by atoms with Crippen LogP contribution in [0, 0.1) is 5.92 Å². The van der Waals surface area contributed by atoms with Gasteiger partial charge >= 0.3 is 0 Å². The van der Waals surface area contributed by atoms with Crippen LogP contribution in [-0.4, -0.2) is 77.5 Å². The summed E-state index contributed by atoms with van der Waals surface area (Å²) in [7, 11) is 4.04. The number of rotatable bonds is 9. The van der Waals surface area contributed by atoms with E-state index in [2.05, 4.69) is 4.90 Å². The van der Waals surface area contributed by atoms with Crippen molar-refractivity contribution >= 4 is 51.4 Å². The molecule has 0 amide bonds. The first-order valence-electron chi connectivity index (χ1n) is 8.28. The van der Waals surface area contributed by atoms with Gasteiger partial charge in [0.15, 0.2) is 0 Å². The third-order valence-electron chi connectivity index (χ3n) is 4.29. The molecule has 0 saturated carbocycles. The summed E-state index contributed by atoms with van der Waals surface area (Å²) in [6.07, 6.45) is 5.03. The fraction of sp³-hybridized carbons (Fsp3) is 0.933. The van der Waals surface area contributed by atoms with Crippen LogP contribution in [0.3, 0.4) is 0 Å². The van der Waals surface area contributed by atoms with E-state index in [1.807, 2.05) is 26.5 Å². The molecular weight excluding hydrogens is 372 g/mol. The number of ether oxygens (including phenoxy) is 1. The molecule has 0 spiro atoms. The number of aliphatic hydroxyl groups is 1. The Balaban J connectivity index is 0.00000264. The van der Waals surface area contributed by atoms with Gasteiger partial charge in [-0.15, -0.1) is 12.4 Å². The van der Waals surface area contributed by atoms with E-state index in [0.29, 0.717) is 0 Å². The van der Waals surface area contributed by atoms with Crippen LogP contribution in [0.1, 0.15) is 25.7 Å². The van der Waals surface area contributed by atoms with Crippen molar-refractivity contribution in [2.24, 2.45) is 5.92 Å². The van der Waals surface area contributed by atoms with E-state index >= 15 is 0 Å². The summed E-state index contributed by atoms with van der Waals surface area (Å²) in [5.74, 6) is 3.58. The molecule has 0 aromatic carbocycles. The van der Waals surface area contributed by atoms with Crippen molar-refractivity contribution in [3.8, 4) is 0 Å². The van der Waals surface area contributed by atoms with Crippen LogP contribution in [-0.2, 0) is 4.74 Å².